The molecule has 0 unspecified atom stereocenters. The van der Waals surface area contributed by atoms with Gasteiger partial charge in [-0.3, -0.25) is 4.99 Å². The molecule has 0 atom stereocenters. The third-order valence-electron chi connectivity index (χ3n) is 3.31. The van der Waals surface area contributed by atoms with Crippen molar-refractivity contribution in [3.63, 3.8) is 0 Å². The molecule has 0 bridgehead atoms. The molecule has 2 nitrogen and oxygen atoms in total. The van der Waals surface area contributed by atoms with E-state index in [2.05, 4.69) is 11.9 Å². The third kappa shape index (κ3) is 2.45. The summed E-state index contributed by atoms with van der Waals surface area (Å²) in [6.45, 7) is 2.34. The zero-order chi connectivity index (χ0) is 9.26. The average Bonchev–Trinajstić information content (AvgIpc) is 2.89. The highest BCUT2D eigenvalue weighted by atomic mass is 14.9. The van der Waals surface area contributed by atoms with Crippen LogP contribution in [0.5, 0.6) is 0 Å². The second-order valence-corrected chi connectivity index (χ2v) is 4.74. The summed E-state index contributed by atoms with van der Waals surface area (Å²) >= 11 is 0. The maximum absolute atomic E-state index is 5.98. The van der Waals surface area contributed by atoms with Crippen LogP contribution in [0.2, 0.25) is 0 Å². The Hall–Kier alpha value is -0.530. The second kappa shape index (κ2) is 3.69. The minimum Gasteiger partial charge on any atom is -0.387 e. The fourth-order valence-electron chi connectivity index (χ4n) is 2.08. The molecular formula is C11H20N2. The maximum Gasteiger partial charge on any atom is 0.0971 e. The Bertz CT molecular complexity index is 198. The molecule has 0 aromatic carbocycles. The molecule has 2 rings (SSSR count). The van der Waals surface area contributed by atoms with Crippen LogP contribution in [0, 0.1) is 11.8 Å². The van der Waals surface area contributed by atoms with Gasteiger partial charge >= 0.3 is 0 Å². The van der Waals surface area contributed by atoms with Crippen LogP contribution < -0.4 is 5.73 Å². The number of amidine groups is 1. The number of hydrogen-bond acceptors (Lipinski definition) is 1. The Morgan fingerprint density at radius 1 is 1.08 bits per heavy atom. The monoisotopic (exact) mass is 180 g/mol. The summed E-state index contributed by atoms with van der Waals surface area (Å²) in [6.07, 6.45) is 7.75. The molecule has 0 aromatic rings. The topological polar surface area (TPSA) is 38.4 Å². The van der Waals surface area contributed by atoms with Gasteiger partial charge in [0, 0.05) is 5.92 Å². The molecule has 0 aromatic heterocycles. The molecular weight excluding hydrogens is 160 g/mol. The number of hydrogen-bond donors (Lipinski definition) is 1. The highest BCUT2D eigenvalue weighted by molar-refractivity contribution is 5.83. The molecule has 0 aliphatic heterocycles. The molecule has 0 saturated heterocycles. The first kappa shape index (κ1) is 9.04. The molecule has 74 valence electrons. The van der Waals surface area contributed by atoms with Crippen LogP contribution >= 0.6 is 0 Å². The molecule has 2 aliphatic rings. The highest BCUT2D eigenvalue weighted by Crippen LogP contribution is 2.30. The van der Waals surface area contributed by atoms with Crippen molar-refractivity contribution >= 4 is 5.84 Å². The summed E-state index contributed by atoms with van der Waals surface area (Å²) in [5.41, 5.74) is 5.98. The molecule has 2 N–H and O–H groups in total. The Morgan fingerprint density at radius 2 is 1.69 bits per heavy atom. The van der Waals surface area contributed by atoms with Gasteiger partial charge in [-0.05, 0) is 31.6 Å². The van der Waals surface area contributed by atoms with Crippen molar-refractivity contribution in [3.8, 4) is 0 Å². The zero-order valence-electron chi connectivity index (χ0n) is 8.50. The Kier molecular flexibility index (Phi) is 2.56. The molecule has 0 radical (unpaired) electrons. The van der Waals surface area contributed by atoms with Gasteiger partial charge in [0.15, 0.2) is 0 Å². The number of rotatable bonds is 2. The van der Waals surface area contributed by atoms with Gasteiger partial charge in [-0.1, -0.05) is 19.8 Å². The lowest BCUT2D eigenvalue weighted by Crippen LogP contribution is -2.27. The lowest BCUT2D eigenvalue weighted by atomic mass is 9.82. The van der Waals surface area contributed by atoms with E-state index in [-0.39, 0.29) is 0 Å². The van der Waals surface area contributed by atoms with Gasteiger partial charge < -0.3 is 5.73 Å². The molecule has 13 heavy (non-hydrogen) atoms. The fourth-order valence-corrected chi connectivity index (χ4v) is 2.08. The summed E-state index contributed by atoms with van der Waals surface area (Å²) in [4.78, 5) is 4.53. The zero-order valence-corrected chi connectivity index (χ0v) is 8.50. The van der Waals surface area contributed by atoms with Gasteiger partial charge in [0.05, 0.1) is 11.9 Å². The molecule has 2 saturated carbocycles. The fraction of sp³-hybridized carbons (Fsp3) is 0.909. The van der Waals surface area contributed by atoms with E-state index in [1.165, 1.54) is 38.5 Å². The summed E-state index contributed by atoms with van der Waals surface area (Å²) in [5, 5.41) is 0. The standard InChI is InChI=1S/C11H20N2/c1-8-2-4-9(5-3-8)11(12)13-10-6-7-10/h8-10H,2-7H2,1H3,(H2,12,13). The van der Waals surface area contributed by atoms with Gasteiger partial charge in [0.1, 0.15) is 0 Å². The van der Waals surface area contributed by atoms with E-state index in [0.29, 0.717) is 12.0 Å². The molecule has 2 fully saturated rings. The third-order valence-corrected chi connectivity index (χ3v) is 3.31. The van der Waals surface area contributed by atoms with E-state index >= 15 is 0 Å². The van der Waals surface area contributed by atoms with E-state index in [0.717, 1.165) is 11.8 Å². The van der Waals surface area contributed by atoms with E-state index in [9.17, 15) is 0 Å². The van der Waals surface area contributed by atoms with Crippen LogP contribution in [0.4, 0.5) is 0 Å². The summed E-state index contributed by atoms with van der Waals surface area (Å²) in [5.74, 6) is 2.47. The van der Waals surface area contributed by atoms with Crippen molar-refractivity contribution in [1.29, 1.82) is 0 Å². The molecule has 0 amide bonds. The van der Waals surface area contributed by atoms with Gasteiger partial charge in [0.25, 0.3) is 0 Å². The Balaban J connectivity index is 1.85. The lowest BCUT2D eigenvalue weighted by molar-refractivity contribution is 0.342. The van der Waals surface area contributed by atoms with Crippen molar-refractivity contribution in [2.24, 2.45) is 22.6 Å². The van der Waals surface area contributed by atoms with Crippen LogP contribution in [0.1, 0.15) is 45.4 Å². The minimum atomic E-state index is 0.597. The van der Waals surface area contributed by atoms with E-state index in [1.54, 1.807) is 0 Å². The molecule has 2 heteroatoms. The maximum atomic E-state index is 5.98. The van der Waals surface area contributed by atoms with Crippen LogP contribution in [0.3, 0.4) is 0 Å². The van der Waals surface area contributed by atoms with E-state index in [4.69, 9.17) is 5.73 Å². The average molecular weight is 180 g/mol. The first-order chi connectivity index (χ1) is 6.25. The first-order valence-electron chi connectivity index (χ1n) is 5.59. The van der Waals surface area contributed by atoms with Crippen molar-refractivity contribution in [1.82, 2.24) is 0 Å². The van der Waals surface area contributed by atoms with Gasteiger partial charge in [-0.25, -0.2) is 0 Å². The quantitative estimate of drug-likeness (QED) is 0.514. The predicted octanol–water partition coefficient (Wildman–Crippen LogP) is 2.33. The minimum absolute atomic E-state index is 0.597. The first-order valence-corrected chi connectivity index (χ1v) is 5.59. The highest BCUT2D eigenvalue weighted by Gasteiger charge is 2.25. The smallest absolute Gasteiger partial charge is 0.0971 e. The molecule has 0 spiro atoms. The van der Waals surface area contributed by atoms with Crippen molar-refractivity contribution in [2.75, 3.05) is 0 Å². The van der Waals surface area contributed by atoms with Gasteiger partial charge in [0.2, 0.25) is 0 Å². The van der Waals surface area contributed by atoms with Crippen LogP contribution in [0.25, 0.3) is 0 Å². The van der Waals surface area contributed by atoms with Crippen LogP contribution in [-0.2, 0) is 0 Å². The van der Waals surface area contributed by atoms with Gasteiger partial charge in [-0.15, -0.1) is 0 Å². The van der Waals surface area contributed by atoms with Crippen molar-refractivity contribution in [2.45, 2.75) is 51.5 Å². The van der Waals surface area contributed by atoms with Crippen LogP contribution in [-0.4, -0.2) is 11.9 Å². The number of nitrogens with two attached hydrogens (primary N) is 1. The predicted molar refractivity (Wildman–Crippen MR) is 55.8 cm³/mol. The summed E-state index contributed by atoms with van der Waals surface area (Å²) < 4.78 is 0. The van der Waals surface area contributed by atoms with E-state index < -0.39 is 0 Å². The summed E-state index contributed by atoms with van der Waals surface area (Å²) in [6, 6.07) is 0.597. The number of aliphatic imine (C=N–C) groups is 1. The SMILES string of the molecule is CC1CCC(C(N)=NC2CC2)CC1. The van der Waals surface area contributed by atoms with Crippen molar-refractivity contribution in [3.05, 3.63) is 0 Å². The Morgan fingerprint density at radius 3 is 2.23 bits per heavy atom. The normalized spacial score (nSPS) is 36.2. The lowest BCUT2D eigenvalue weighted by Gasteiger charge is -2.25. The second-order valence-electron chi connectivity index (χ2n) is 4.74. The Labute approximate surface area is 80.6 Å². The van der Waals surface area contributed by atoms with Crippen LogP contribution in [0.15, 0.2) is 4.99 Å². The largest absolute Gasteiger partial charge is 0.387 e. The molecule has 0 heterocycles. The summed E-state index contributed by atoms with van der Waals surface area (Å²) in [7, 11) is 0. The van der Waals surface area contributed by atoms with Crippen molar-refractivity contribution < 1.29 is 0 Å². The van der Waals surface area contributed by atoms with Gasteiger partial charge in [-0.2, -0.15) is 0 Å². The van der Waals surface area contributed by atoms with E-state index in [1.807, 2.05) is 0 Å². The number of nitrogens with zero attached hydrogens (tertiary/aromatic N) is 1. The molecule has 2 aliphatic carbocycles.